The lowest BCUT2D eigenvalue weighted by Gasteiger charge is -1.99. The molecule has 0 radical (unpaired) electrons. The van der Waals surface area contributed by atoms with E-state index < -0.39 is 0 Å². The van der Waals surface area contributed by atoms with Gasteiger partial charge in [0.05, 0.1) is 10.5 Å². The van der Waals surface area contributed by atoms with E-state index in [4.69, 9.17) is 11.6 Å². The Labute approximate surface area is 93.1 Å². The van der Waals surface area contributed by atoms with Gasteiger partial charge in [0.15, 0.2) is 5.43 Å². The summed E-state index contributed by atoms with van der Waals surface area (Å²) in [5, 5.41) is 1.22. The zero-order valence-corrected chi connectivity index (χ0v) is 9.39. The van der Waals surface area contributed by atoms with Crippen LogP contribution in [0.1, 0.15) is 0 Å². The summed E-state index contributed by atoms with van der Waals surface area (Å²) in [5.74, 6) is 0. The molecule has 1 heterocycles. The summed E-state index contributed by atoms with van der Waals surface area (Å²) in [6, 6.07) is 5.13. The minimum absolute atomic E-state index is 0.00540. The molecule has 0 saturated carbocycles. The molecule has 0 atom stereocenters. The molecule has 2 nitrogen and oxygen atoms in total. The van der Waals surface area contributed by atoms with E-state index in [9.17, 15) is 4.79 Å². The van der Waals surface area contributed by atoms with Crippen molar-refractivity contribution in [3.8, 4) is 0 Å². The highest BCUT2D eigenvalue weighted by atomic mass is 127. The molecule has 0 spiro atoms. The Morgan fingerprint density at radius 1 is 1.38 bits per heavy atom. The number of pyridine rings is 1. The molecule has 0 fully saturated rings. The maximum Gasteiger partial charge on any atom is 0.189 e. The topological polar surface area (TPSA) is 32.9 Å². The van der Waals surface area contributed by atoms with Crippen molar-refractivity contribution in [1.29, 1.82) is 0 Å². The van der Waals surface area contributed by atoms with Crippen molar-refractivity contribution in [2.75, 3.05) is 0 Å². The van der Waals surface area contributed by atoms with Crippen LogP contribution in [-0.2, 0) is 0 Å². The van der Waals surface area contributed by atoms with Crippen molar-refractivity contribution >= 4 is 45.1 Å². The number of hydrogen-bond acceptors (Lipinski definition) is 1. The molecule has 13 heavy (non-hydrogen) atoms. The van der Waals surface area contributed by atoms with Crippen LogP contribution >= 0.6 is 34.2 Å². The lowest BCUT2D eigenvalue weighted by atomic mass is 10.2. The zero-order chi connectivity index (χ0) is 9.42. The lowest BCUT2D eigenvalue weighted by molar-refractivity contribution is 1.39. The third-order valence-corrected chi connectivity index (χ3v) is 2.70. The first-order chi connectivity index (χ1) is 6.18. The number of fused-ring (bicyclic) bond motifs is 1. The number of halogens is 2. The summed E-state index contributed by atoms with van der Waals surface area (Å²) in [4.78, 5) is 14.4. The van der Waals surface area contributed by atoms with Crippen LogP contribution in [0.3, 0.4) is 0 Å². The van der Waals surface area contributed by atoms with Gasteiger partial charge in [0, 0.05) is 21.2 Å². The Kier molecular flexibility index (Phi) is 2.29. The van der Waals surface area contributed by atoms with E-state index in [1.54, 1.807) is 6.20 Å². The van der Waals surface area contributed by atoms with Gasteiger partial charge in [-0.2, -0.15) is 0 Å². The predicted octanol–water partition coefficient (Wildman–Crippen LogP) is 2.79. The van der Waals surface area contributed by atoms with E-state index >= 15 is 0 Å². The molecule has 2 rings (SSSR count). The number of benzene rings is 1. The molecule has 1 aromatic heterocycles. The molecule has 1 aromatic carbocycles. The van der Waals surface area contributed by atoms with Gasteiger partial charge in [-0.25, -0.2) is 0 Å². The normalized spacial score (nSPS) is 10.6. The molecule has 0 saturated heterocycles. The SMILES string of the molecule is O=c1cc[nH]c2c(Cl)cc(I)cc12. The minimum Gasteiger partial charge on any atom is -0.360 e. The molecule has 0 amide bonds. The molecule has 0 aliphatic rings. The molecule has 0 aliphatic carbocycles. The third kappa shape index (κ3) is 1.58. The molecule has 0 unspecified atom stereocenters. The summed E-state index contributed by atoms with van der Waals surface area (Å²) >= 11 is 8.09. The van der Waals surface area contributed by atoms with Crippen molar-refractivity contribution in [3.05, 3.63) is 43.2 Å². The van der Waals surface area contributed by atoms with Crippen LogP contribution in [0.2, 0.25) is 5.02 Å². The molecule has 0 aliphatic heterocycles. The van der Waals surface area contributed by atoms with Crippen LogP contribution in [-0.4, -0.2) is 4.98 Å². The summed E-state index contributed by atoms with van der Waals surface area (Å²) in [6.45, 7) is 0. The number of aromatic nitrogens is 1. The fourth-order valence-electron chi connectivity index (χ4n) is 1.21. The first-order valence-electron chi connectivity index (χ1n) is 3.65. The monoisotopic (exact) mass is 305 g/mol. The predicted molar refractivity (Wildman–Crippen MR) is 62.3 cm³/mol. The van der Waals surface area contributed by atoms with Crippen molar-refractivity contribution < 1.29 is 0 Å². The number of aromatic amines is 1. The van der Waals surface area contributed by atoms with Crippen LogP contribution in [0.25, 0.3) is 10.9 Å². The number of rotatable bonds is 0. The van der Waals surface area contributed by atoms with Crippen LogP contribution in [0.15, 0.2) is 29.2 Å². The average Bonchev–Trinajstić information content (AvgIpc) is 2.07. The fraction of sp³-hybridized carbons (Fsp3) is 0. The van der Waals surface area contributed by atoms with Gasteiger partial charge in [-0.15, -0.1) is 0 Å². The Hall–Kier alpha value is -0.550. The highest BCUT2D eigenvalue weighted by Crippen LogP contribution is 2.21. The highest BCUT2D eigenvalue weighted by Gasteiger charge is 2.03. The van der Waals surface area contributed by atoms with Gasteiger partial charge < -0.3 is 4.98 Å². The quantitative estimate of drug-likeness (QED) is 0.746. The summed E-state index contributed by atoms with van der Waals surface area (Å²) in [5.41, 5.74) is 0.698. The Morgan fingerprint density at radius 3 is 2.92 bits per heavy atom. The fourth-order valence-corrected chi connectivity index (χ4v) is 2.29. The number of nitrogens with one attached hydrogen (secondary N) is 1. The van der Waals surface area contributed by atoms with Gasteiger partial charge in [-0.1, -0.05) is 11.6 Å². The lowest BCUT2D eigenvalue weighted by Crippen LogP contribution is -2.00. The van der Waals surface area contributed by atoms with Crippen molar-refractivity contribution in [3.63, 3.8) is 0 Å². The van der Waals surface area contributed by atoms with Crippen LogP contribution in [0.5, 0.6) is 0 Å². The van der Waals surface area contributed by atoms with E-state index in [2.05, 4.69) is 27.6 Å². The zero-order valence-electron chi connectivity index (χ0n) is 6.47. The Balaban J connectivity index is 3.03. The summed E-state index contributed by atoms with van der Waals surface area (Å²) in [7, 11) is 0. The van der Waals surface area contributed by atoms with Crippen LogP contribution < -0.4 is 5.43 Å². The standard InChI is InChI=1S/C9H5ClINO/c10-7-4-5(11)3-6-8(13)1-2-12-9(6)7/h1-4H,(H,12,13). The smallest absolute Gasteiger partial charge is 0.189 e. The largest absolute Gasteiger partial charge is 0.360 e. The van der Waals surface area contributed by atoms with Crippen molar-refractivity contribution in [2.45, 2.75) is 0 Å². The van der Waals surface area contributed by atoms with Crippen molar-refractivity contribution in [2.24, 2.45) is 0 Å². The van der Waals surface area contributed by atoms with E-state index in [0.29, 0.717) is 15.9 Å². The molecule has 4 heteroatoms. The highest BCUT2D eigenvalue weighted by molar-refractivity contribution is 14.1. The third-order valence-electron chi connectivity index (χ3n) is 1.78. The first kappa shape index (κ1) is 9.02. The Morgan fingerprint density at radius 2 is 2.15 bits per heavy atom. The number of hydrogen-bond donors (Lipinski definition) is 1. The van der Waals surface area contributed by atoms with E-state index in [1.807, 2.05) is 12.1 Å². The second kappa shape index (κ2) is 3.31. The summed E-state index contributed by atoms with van der Waals surface area (Å²) in [6.07, 6.45) is 1.60. The van der Waals surface area contributed by atoms with Gasteiger partial charge in [0.25, 0.3) is 0 Å². The molecule has 66 valence electrons. The van der Waals surface area contributed by atoms with Crippen LogP contribution in [0.4, 0.5) is 0 Å². The van der Waals surface area contributed by atoms with Gasteiger partial charge in [-0.05, 0) is 34.7 Å². The first-order valence-corrected chi connectivity index (χ1v) is 5.10. The van der Waals surface area contributed by atoms with Gasteiger partial charge in [-0.3, -0.25) is 4.79 Å². The second-order valence-corrected chi connectivity index (χ2v) is 4.30. The average molecular weight is 306 g/mol. The van der Waals surface area contributed by atoms with Gasteiger partial charge >= 0.3 is 0 Å². The second-order valence-electron chi connectivity index (χ2n) is 2.65. The number of H-pyrrole nitrogens is 1. The molecule has 2 aromatic rings. The maximum absolute atomic E-state index is 11.4. The van der Waals surface area contributed by atoms with E-state index in [-0.39, 0.29) is 5.43 Å². The maximum atomic E-state index is 11.4. The van der Waals surface area contributed by atoms with Crippen LogP contribution in [0, 0.1) is 3.57 Å². The molecule has 0 bridgehead atoms. The Bertz CT molecular complexity index is 520. The minimum atomic E-state index is -0.00540. The van der Waals surface area contributed by atoms with E-state index in [0.717, 1.165) is 3.57 Å². The van der Waals surface area contributed by atoms with Gasteiger partial charge in [0.1, 0.15) is 0 Å². The van der Waals surface area contributed by atoms with Gasteiger partial charge in [0.2, 0.25) is 0 Å². The van der Waals surface area contributed by atoms with Crippen molar-refractivity contribution in [1.82, 2.24) is 4.98 Å². The molecule has 1 N–H and O–H groups in total. The summed E-state index contributed by atoms with van der Waals surface area (Å²) < 4.78 is 0.965. The van der Waals surface area contributed by atoms with E-state index in [1.165, 1.54) is 6.07 Å². The molecular weight excluding hydrogens is 300 g/mol. The molecular formula is C9H5ClINO.